The van der Waals surface area contributed by atoms with Gasteiger partial charge in [-0.25, -0.2) is 0 Å². The van der Waals surface area contributed by atoms with Gasteiger partial charge in [-0.1, -0.05) is 6.08 Å². The SMILES string of the molecule is C=C[CH]O[14CH2]CN1CCOCC1. The van der Waals surface area contributed by atoms with Crippen LogP contribution in [0.25, 0.3) is 0 Å². The van der Waals surface area contributed by atoms with Crippen LogP contribution in [0.3, 0.4) is 0 Å². The van der Waals surface area contributed by atoms with Gasteiger partial charge in [0.15, 0.2) is 0 Å². The van der Waals surface area contributed by atoms with Gasteiger partial charge in [0.25, 0.3) is 0 Å². The van der Waals surface area contributed by atoms with Gasteiger partial charge in [0.1, 0.15) is 6.61 Å². The Hall–Kier alpha value is -0.380. The molecule has 0 atom stereocenters. The van der Waals surface area contributed by atoms with Gasteiger partial charge in [-0.15, -0.1) is 6.58 Å². The van der Waals surface area contributed by atoms with Gasteiger partial charge in [-0.05, 0) is 0 Å². The Labute approximate surface area is 74.0 Å². The van der Waals surface area contributed by atoms with E-state index in [1.165, 1.54) is 0 Å². The minimum absolute atomic E-state index is 0.742. The van der Waals surface area contributed by atoms with Crippen LogP contribution >= 0.6 is 0 Å². The molecule has 69 valence electrons. The molecule has 0 bridgehead atoms. The summed E-state index contributed by atoms with van der Waals surface area (Å²) in [7, 11) is 0. The summed E-state index contributed by atoms with van der Waals surface area (Å²) in [5, 5.41) is 0. The second kappa shape index (κ2) is 6.17. The Kier molecular flexibility index (Phi) is 4.99. The molecule has 1 rings (SSSR count). The third kappa shape index (κ3) is 3.85. The molecule has 3 heteroatoms. The molecule has 1 aliphatic rings. The quantitative estimate of drug-likeness (QED) is 0.569. The van der Waals surface area contributed by atoms with Crippen LogP contribution in [0, 0.1) is 6.61 Å². The lowest BCUT2D eigenvalue weighted by Crippen LogP contribution is -2.38. The zero-order chi connectivity index (χ0) is 8.65. The van der Waals surface area contributed by atoms with Crippen molar-refractivity contribution in [1.29, 1.82) is 0 Å². The van der Waals surface area contributed by atoms with E-state index in [2.05, 4.69) is 11.5 Å². The minimum atomic E-state index is 0.742. The number of hydrogen-bond donors (Lipinski definition) is 0. The van der Waals surface area contributed by atoms with E-state index >= 15 is 0 Å². The van der Waals surface area contributed by atoms with E-state index < -0.39 is 0 Å². The van der Waals surface area contributed by atoms with Gasteiger partial charge in [-0.3, -0.25) is 4.90 Å². The highest BCUT2D eigenvalue weighted by Crippen LogP contribution is 1.96. The molecule has 0 aromatic heterocycles. The molecule has 0 aliphatic carbocycles. The predicted octanol–water partition coefficient (Wildman–Crippen LogP) is 0.683. The highest BCUT2D eigenvalue weighted by Gasteiger charge is 2.08. The van der Waals surface area contributed by atoms with Crippen molar-refractivity contribution >= 4 is 0 Å². The van der Waals surface area contributed by atoms with Gasteiger partial charge in [0.2, 0.25) is 0 Å². The van der Waals surface area contributed by atoms with Crippen molar-refractivity contribution in [2.45, 2.75) is 0 Å². The van der Waals surface area contributed by atoms with Crippen molar-refractivity contribution in [3.63, 3.8) is 0 Å². The van der Waals surface area contributed by atoms with Crippen molar-refractivity contribution in [3.8, 4) is 0 Å². The molecular weight excluding hydrogens is 156 g/mol. The van der Waals surface area contributed by atoms with E-state index in [1.807, 2.05) is 0 Å². The molecule has 1 radical (unpaired) electrons. The summed E-state index contributed by atoms with van der Waals surface area (Å²) in [4.78, 5) is 2.33. The molecular formula is C9H16NO2. The standard InChI is InChI=1S/C9H16NO2/c1-2-6-11-7-3-10-4-8-12-9-5-10/h2,6H,1,3-5,7-9H2/i7+2. The number of ether oxygens (including phenoxy) is 2. The van der Waals surface area contributed by atoms with E-state index in [0.717, 1.165) is 39.5 Å². The predicted molar refractivity (Wildman–Crippen MR) is 47.7 cm³/mol. The molecule has 1 fully saturated rings. The average molecular weight is 172 g/mol. The van der Waals surface area contributed by atoms with Gasteiger partial charge in [0.05, 0.1) is 19.8 Å². The molecule has 0 aromatic carbocycles. The van der Waals surface area contributed by atoms with Crippen LogP contribution in [0.4, 0.5) is 0 Å². The second-order valence-corrected chi connectivity index (χ2v) is 2.70. The Bertz CT molecular complexity index is 122. The van der Waals surface area contributed by atoms with E-state index in [-0.39, 0.29) is 0 Å². The molecule has 0 N–H and O–H groups in total. The van der Waals surface area contributed by atoms with Gasteiger partial charge < -0.3 is 9.47 Å². The lowest BCUT2D eigenvalue weighted by molar-refractivity contribution is 0.0275. The normalized spacial score (nSPS) is 19.3. The first-order chi connectivity index (χ1) is 5.93. The fraction of sp³-hybridized carbons (Fsp3) is 0.667. The summed E-state index contributed by atoms with van der Waals surface area (Å²) in [6.45, 7) is 10.6. The van der Waals surface area contributed by atoms with Crippen LogP contribution in [-0.2, 0) is 9.47 Å². The maximum absolute atomic E-state index is 5.22. The largest absolute Gasteiger partial charge is 0.379 e. The Morgan fingerprint density at radius 1 is 1.50 bits per heavy atom. The molecule has 0 unspecified atom stereocenters. The fourth-order valence-electron chi connectivity index (χ4n) is 1.14. The van der Waals surface area contributed by atoms with Crippen molar-refractivity contribution in [1.82, 2.24) is 4.90 Å². The first kappa shape index (κ1) is 9.71. The molecule has 1 aliphatic heterocycles. The zero-order valence-electron chi connectivity index (χ0n) is 7.37. The maximum atomic E-state index is 5.22. The van der Waals surface area contributed by atoms with Crippen molar-refractivity contribution in [3.05, 3.63) is 19.3 Å². The maximum Gasteiger partial charge on any atom is 0.105 e. The Morgan fingerprint density at radius 3 is 2.92 bits per heavy atom. The monoisotopic (exact) mass is 172 g/mol. The van der Waals surface area contributed by atoms with E-state index in [9.17, 15) is 0 Å². The highest BCUT2D eigenvalue weighted by atomic mass is 16.6. The number of morpholine rings is 1. The Morgan fingerprint density at radius 2 is 2.25 bits per heavy atom. The van der Waals surface area contributed by atoms with Crippen molar-refractivity contribution in [2.24, 2.45) is 0 Å². The summed E-state index contributed by atoms with van der Waals surface area (Å²) in [5.74, 6) is 0. The molecule has 12 heavy (non-hydrogen) atoms. The van der Waals surface area contributed by atoms with Gasteiger partial charge in [-0.2, -0.15) is 0 Å². The van der Waals surface area contributed by atoms with Crippen LogP contribution in [0.5, 0.6) is 0 Å². The number of rotatable bonds is 5. The highest BCUT2D eigenvalue weighted by molar-refractivity contribution is 4.77. The van der Waals surface area contributed by atoms with E-state index in [0.29, 0.717) is 0 Å². The lowest BCUT2D eigenvalue weighted by atomic mass is 10.5. The topological polar surface area (TPSA) is 21.7 Å². The summed E-state index contributed by atoms with van der Waals surface area (Å²) in [6.07, 6.45) is 1.65. The molecule has 0 spiro atoms. The molecule has 1 heterocycles. The van der Waals surface area contributed by atoms with Crippen LogP contribution in [0.15, 0.2) is 12.7 Å². The van der Waals surface area contributed by atoms with Crippen LogP contribution < -0.4 is 0 Å². The molecule has 0 aromatic rings. The van der Waals surface area contributed by atoms with Crippen molar-refractivity contribution in [2.75, 3.05) is 39.5 Å². The second-order valence-electron chi connectivity index (χ2n) is 2.70. The summed E-state index contributed by atoms with van der Waals surface area (Å²) in [5.41, 5.74) is 0. The fourth-order valence-corrected chi connectivity index (χ4v) is 1.14. The van der Waals surface area contributed by atoms with Crippen LogP contribution in [0.1, 0.15) is 0 Å². The summed E-state index contributed by atoms with van der Waals surface area (Å²) < 4.78 is 10.4. The number of hydrogen-bond acceptors (Lipinski definition) is 3. The first-order valence-corrected chi connectivity index (χ1v) is 4.29. The molecule has 0 amide bonds. The molecule has 1 saturated heterocycles. The number of nitrogens with zero attached hydrogens (tertiary/aromatic N) is 1. The summed E-state index contributed by atoms with van der Waals surface area (Å²) in [6, 6.07) is 0. The van der Waals surface area contributed by atoms with E-state index in [1.54, 1.807) is 12.7 Å². The first-order valence-electron chi connectivity index (χ1n) is 4.29. The minimum Gasteiger partial charge on any atom is -0.379 e. The van der Waals surface area contributed by atoms with Gasteiger partial charge >= 0.3 is 0 Å². The van der Waals surface area contributed by atoms with Crippen LogP contribution in [0.2, 0.25) is 0 Å². The average Bonchev–Trinajstić information content (AvgIpc) is 2.14. The molecule has 0 saturated carbocycles. The van der Waals surface area contributed by atoms with Gasteiger partial charge in [0, 0.05) is 19.6 Å². The Balaban J connectivity index is 1.94. The van der Waals surface area contributed by atoms with Crippen LogP contribution in [-0.4, -0.2) is 44.4 Å². The zero-order valence-corrected chi connectivity index (χ0v) is 7.37. The smallest absolute Gasteiger partial charge is 0.105 e. The van der Waals surface area contributed by atoms with E-state index in [4.69, 9.17) is 9.47 Å². The third-order valence-electron chi connectivity index (χ3n) is 1.82. The summed E-state index contributed by atoms with van der Waals surface area (Å²) >= 11 is 0. The molecule has 3 nitrogen and oxygen atoms in total. The lowest BCUT2D eigenvalue weighted by Gasteiger charge is -2.26. The third-order valence-corrected chi connectivity index (χ3v) is 1.82. The van der Waals surface area contributed by atoms with Crippen molar-refractivity contribution < 1.29 is 9.47 Å².